The Morgan fingerprint density at radius 1 is 1.03 bits per heavy atom. The summed E-state index contributed by atoms with van der Waals surface area (Å²) in [5, 5.41) is 5.31. The maximum Gasteiger partial charge on any atom is 0.413 e. The van der Waals surface area contributed by atoms with Gasteiger partial charge in [0.25, 0.3) is 5.91 Å². The molecule has 0 aliphatic heterocycles. The smallest absolute Gasteiger partial charge is 0.413 e. The molecule has 0 spiro atoms. The first-order chi connectivity index (χ1) is 13.7. The van der Waals surface area contributed by atoms with Crippen molar-refractivity contribution in [1.82, 2.24) is 5.32 Å². The van der Waals surface area contributed by atoms with E-state index in [2.05, 4.69) is 15.4 Å². The summed E-state index contributed by atoms with van der Waals surface area (Å²) >= 11 is 0. The zero-order valence-electron chi connectivity index (χ0n) is 16.7. The molecular formula is C21H24FN3O4. The second-order valence-corrected chi connectivity index (χ2v) is 6.74. The summed E-state index contributed by atoms with van der Waals surface area (Å²) < 4.78 is 18.5. The van der Waals surface area contributed by atoms with E-state index in [9.17, 15) is 18.8 Å². The minimum absolute atomic E-state index is 0.124. The minimum atomic E-state index is -0.862. The summed E-state index contributed by atoms with van der Waals surface area (Å²) in [6, 6.07) is 11.3. The van der Waals surface area contributed by atoms with Crippen LogP contribution in [0.5, 0.6) is 0 Å². The predicted octanol–water partition coefficient (Wildman–Crippen LogP) is 3.42. The lowest BCUT2D eigenvalue weighted by atomic mass is 10.0. The highest BCUT2D eigenvalue weighted by atomic mass is 19.1. The van der Waals surface area contributed by atoms with E-state index in [-0.39, 0.29) is 11.5 Å². The Kier molecular flexibility index (Phi) is 7.30. The van der Waals surface area contributed by atoms with Crippen LogP contribution in [0.25, 0.3) is 0 Å². The molecule has 1 unspecified atom stereocenters. The number of hydrogen-bond donors (Lipinski definition) is 2. The highest BCUT2D eigenvalue weighted by Crippen LogP contribution is 2.18. The van der Waals surface area contributed by atoms with E-state index < -0.39 is 29.8 Å². The summed E-state index contributed by atoms with van der Waals surface area (Å²) in [7, 11) is 2.85. The Morgan fingerprint density at radius 3 is 2.21 bits per heavy atom. The fraction of sp³-hybridized carbons (Fsp3) is 0.286. The molecule has 2 rings (SSSR count). The van der Waals surface area contributed by atoms with Gasteiger partial charge in [-0.2, -0.15) is 0 Å². The number of hydrogen-bond acceptors (Lipinski definition) is 4. The normalized spacial score (nSPS) is 11.5. The monoisotopic (exact) mass is 401 g/mol. The lowest BCUT2D eigenvalue weighted by Crippen LogP contribution is -2.47. The van der Waals surface area contributed by atoms with Crippen LogP contribution < -0.4 is 15.5 Å². The van der Waals surface area contributed by atoms with Crippen LogP contribution in [-0.2, 0) is 9.53 Å². The molecule has 2 aromatic rings. The van der Waals surface area contributed by atoms with Crippen LogP contribution in [0, 0.1) is 11.7 Å². The lowest BCUT2D eigenvalue weighted by molar-refractivity contribution is -0.118. The number of benzene rings is 2. The van der Waals surface area contributed by atoms with Crippen molar-refractivity contribution in [1.29, 1.82) is 0 Å². The standard InChI is InChI=1S/C21H24FN3O4/c1-13(2)18(24-19(26)16-7-5-6-8-17(16)22)20(27)23-14-9-11-15(12-10-14)25(3)21(28)29-4/h5-13,18H,1-4H3,(H,23,27)(H,24,26). The third-order valence-electron chi connectivity index (χ3n) is 4.32. The third-order valence-corrected chi connectivity index (χ3v) is 4.32. The zero-order chi connectivity index (χ0) is 21.6. The van der Waals surface area contributed by atoms with Crippen LogP contribution in [0.15, 0.2) is 48.5 Å². The summed E-state index contributed by atoms with van der Waals surface area (Å²) in [5.41, 5.74) is 0.951. The summed E-state index contributed by atoms with van der Waals surface area (Å²) in [5.74, 6) is -1.97. The number of amides is 3. The molecule has 0 heterocycles. The van der Waals surface area contributed by atoms with Gasteiger partial charge in [-0.15, -0.1) is 0 Å². The van der Waals surface area contributed by atoms with E-state index in [4.69, 9.17) is 0 Å². The van der Waals surface area contributed by atoms with Gasteiger partial charge in [0.2, 0.25) is 5.91 Å². The van der Waals surface area contributed by atoms with Crippen LogP contribution in [0.4, 0.5) is 20.6 Å². The number of rotatable bonds is 6. The number of nitrogens with zero attached hydrogens (tertiary/aromatic N) is 1. The van der Waals surface area contributed by atoms with Gasteiger partial charge in [0.05, 0.1) is 12.7 Å². The van der Waals surface area contributed by atoms with Gasteiger partial charge in [-0.1, -0.05) is 26.0 Å². The molecule has 8 heteroatoms. The van der Waals surface area contributed by atoms with Crippen LogP contribution in [0.2, 0.25) is 0 Å². The van der Waals surface area contributed by atoms with Crippen molar-refractivity contribution in [3.05, 3.63) is 59.9 Å². The van der Waals surface area contributed by atoms with Crippen LogP contribution in [0.1, 0.15) is 24.2 Å². The molecule has 154 valence electrons. The molecule has 2 N–H and O–H groups in total. The summed E-state index contributed by atoms with van der Waals surface area (Å²) in [4.78, 5) is 37.9. The van der Waals surface area contributed by atoms with Gasteiger partial charge in [-0.05, 0) is 42.3 Å². The van der Waals surface area contributed by atoms with Gasteiger partial charge >= 0.3 is 6.09 Å². The minimum Gasteiger partial charge on any atom is -0.452 e. The second kappa shape index (κ2) is 9.68. The largest absolute Gasteiger partial charge is 0.452 e. The van der Waals surface area contributed by atoms with E-state index in [1.165, 1.54) is 30.2 Å². The Hall–Kier alpha value is -3.42. The Labute approximate surface area is 168 Å². The van der Waals surface area contributed by atoms with Crippen molar-refractivity contribution in [3.63, 3.8) is 0 Å². The van der Waals surface area contributed by atoms with E-state index in [0.717, 1.165) is 0 Å². The third kappa shape index (κ3) is 5.54. The number of ether oxygens (including phenoxy) is 1. The number of carbonyl (C=O) groups excluding carboxylic acids is 3. The average Bonchev–Trinajstić information content (AvgIpc) is 2.71. The molecule has 3 amide bonds. The second-order valence-electron chi connectivity index (χ2n) is 6.74. The SMILES string of the molecule is COC(=O)N(C)c1ccc(NC(=O)C(NC(=O)c2ccccc2F)C(C)C)cc1. The average molecular weight is 401 g/mol. The molecular weight excluding hydrogens is 377 g/mol. The van der Waals surface area contributed by atoms with E-state index in [1.54, 1.807) is 51.2 Å². The van der Waals surface area contributed by atoms with Gasteiger partial charge in [-0.3, -0.25) is 14.5 Å². The molecule has 0 saturated carbocycles. The molecule has 0 aliphatic rings. The lowest BCUT2D eigenvalue weighted by Gasteiger charge is -2.22. The number of halogens is 1. The Balaban J connectivity index is 2.09. The first-order valence-electron chi connectivity index (χ1n) is 9.02. The first kappa shape index (κ1) is 21.9. The Morgan fingerprint density at radius 2 is 1.66 bits per heavy atom. The topological polar surface area (TPSA) is 87.7 Å². The van der Waals surface area contributed by atoms with Gasteiger partial charge in [0.15, 0.2) is 0 Å². The molecule has 0 saturated heterocycles. The molecule has 0 radical (unpaired) electrons. The fourth-order valence-electron chi connectivity index (χ4n) is 2.63. The molecule has 0 fully saturated rings. The first-order valence-corrected chi connectivity index (χ1v) is 9.02. The highest BCUT2D eigenvalue weighted by Gasteiger charge is 2.26. The molecule has 0 aliphatic carbocycles. The zero-order valence-corrected chi connectivity index (χ0v) is 16.7. The van der Waals surface area contributed by atoms with Gasteiger partial charge in [-0.25, -0.2) is 9.18 Å². The molecule has 2 aromatic carbocycles. The van der Waals surface area contributed by atoms with Crippen LogP contribution >= 0.6 is 0 Å². The molecule has 0 aromatic heterocycles. The van der Waals surface area contributed by atoms with E-state index in [1.807, 2.05) is 0 Å². The van der Waals surface area contributed by atoms with Crippen LogP contribution in [-0.4, -0.2) is 38.1 Å². The van der Waals surface area contributed by atoms with Crippen LogP contribution in [0.3, 0.4) is 0 Å². The van der Waals surface area contributed by atoms with E-state index in [0.29, 0.717) is 11.4 Å². The fourth-order valence-corrected chi connectivity index (χ4v) is 2.63. The van der Waals surface area contributed by atoms with Crippen molar-refractivity contribution in [2.24, 2.45) is 5.92 Å². The highest BCUT2D eigenvalue weighted by molar-refractivity contribution is 6.01. The van der Waals surface area contributed by atoms with Gasteiger partial charge in [0.1, 0.15) is 11.9 Å². The van der Waals surface area contributed by atoms with Crippen molar-refractivity contribution in [2.45, 2.75) is 19.9 Å². The Bertz CT molecular complexity index is 884. The molecule has 7 nitrogen and oxygen atoms in total. The number of methoxy groups -OCH3 is 1. The summed E-state index contributed by atoms with van der Waals surface area (Å²) in [6.45, 7) is 3.56. The summed E-state index contributed by atoms with van der Waals surface area (Å²) in [6.07, 6.45) is -0.516. The predicted molar refractivity (Wildman–Crippen MR) is 108 cm³/mol. The van der Waals surface area contributed by atoms with Crippen molar-refractivity contribution < 1.29 is 23.5 Å². The number of anilines is 2. The number of carbonyl (C=O) groups is 3. The quantitative estimate of drug-likeness (QED) is 0.776. The molecule has 29 heavy (non-hydrogen) atoms. The van der Waals surface area contributed by atoms with E-state index >= 15 is 0 Å². The van der Waals surface area contributed by atoms with Crippen molar-refractivity contribution in [3.8, 4) is 0 Å². The van der Waals surface area contributed by atoms with Crippen molar-refractivity contribution >= 4 is 29.3 Å². The molecule has 1 atom stereocenters. The van der Waals surface area contributed by atoms with Crippen molar-refractivity contribution in [2.75, 3.05) is 24.4 Å². The van der Waals surface area contributed by atoms with Gasteiger partial charge in [0, 0.05) is 18.4 Å². The maximum atomic E-state index is 13.8. The maximum absolute atomic E-state index is 13.8. The number of nitrogens with one attached hydrogen (secondary N) is 2. The van der Waals surface area contributed by atoms with Gasteiger partial charge < -0.3 is 15.4 Å². The molecule has 0 bridgehead atoms.